The molecule has 1 heterocycles. The first kappa shape index (κ1) is 23.8. The molecule has 1 aliphatic heterocycles. The zero-order valence-electron chi connectivity index (χ0n) is 19.2. The quantitative estimate of drug-likeness (QED) is 0.589. The van der Waals surface area contributed by atoms with Crippen LogP contribution in [-0.2, 0) is 22.6 Å². The fourth-order valence-electron chi connectivity index (χ4n) is 4.96. The molecule has 0 unspecified atom stereocenters. The average Bonchev–Trinajstić information content (AvgIpc) is 2.80. The third-order valence-corrected chi connectivity index (χ3v) is 7.02. The average molecular weight is 468 g/mol. The first-order valence-corrected chi connectivity index (χ1v) is 12.6. The van der Waals surface area contributed by atoms with Gasteiger partial charge in [-0.3, -0.25) is 14.5 Å². The van der Waals surface area contributed by atoms with Crippen molar-refractivity contribution in [1.82, 2.24) is 10.2 Å². The summed E-state index contributed by atoms with van der Waals surface area (Å²) >= 11 is 6.01. The molecule has 2 amide bonds. The van der Waals surface area contributed by atoms with Gasteiger partial charge in [-0.15, -0.1) is 0 Å². The van der Waals surface area contributed by atoms with Gasteiger partial charge in [-0.2, -0.15) is 0 Å². The summed E-state index contributed by atoms with van der Waals surface area (Å²) in [6.45, 7) is 2.68. The zero-order valence-corrected chi connectivity index (χ0v) is 19.9. The van der Waals surface area contributed by atoms with Crippen LogP contribution >= 0.6 is 11.6 Å². The van der Waals surface area contributed by atoms with Gasteiger partial charge in [0.2, 0.25) is 11.8 Å². The Balaban J connectivity index is 1.23. The van der Waals surface area contributed by atoms with Crippen molar-refractivity contribution in [3.05, 3.63) is 64.7 Å². The lowest BCUT2D eigenvalue weighted by Gasteiger charge is -2.32. The van der Waals surface area contributed by atoms with E-state index < -0.39 is 0 Å². The maximum atomic E-state index is 12.7. The Morgan fingerprint density at radius 2 is 1.64 bits per heavy atom. The summed E-state index contributed by atoms with van der Waals surface area (Å²) in [6.07, 6.45) is 8.17. The topological polar surface area (TPSA) is 61.4 Å². The molecule has 0 bridgehead atoms. The minimum atomic E-state index is -0.0563. The second-order valence-corrected chi connectivity index (χ2v) is 9.89. The Morgan fingerprint density at radius 3 is 2.39 bits per heavy atom. The Hall–Kier alpha value is -2.37. The van der Waals surface area contributed by atoms with Gasteiger partial charge in [-0.1, -0.05) is 55.1 Å². The van der Waals surface area contributed by atoms with E-state index in [1.54, 1.807) is 6.07 Å². The zero-order chi connectivity index (χ0) is 23.0. The van der Waals surface area contributed by atoms with Crippen molar-refractivity contribution in [1.29, 1.82) is 0 Å². The van der Waals surface area contributed by atoms with Crippen LogP contribution in [0.25, 0.3) is 0 Å². The molecule has 2 aromatic carbocycles. The first-order chi connectivity index (χ1) is 16.0. The Kier molecular flexibility index (Phi) is 8.40. The SMILES string of the molecule is O=C(Cc1cccc(Cl)c1)Nc1cccc(CN2CCC(C(=O)NC3CCCCC3)CC2)c1. The Morgan fingerprint density at radius 1 is 0.909 bits per heavy atom. The summed E-state index contributed by atoms with van der Waals surface area (Å²) in [5, 5.41) is 6.93. The van der Waals surface area contributed by atoms with Crippen LogP contribution < -0.4 is 10.6 Å². The molecule has 2 N–H and O–H groups in total. The molecule has 33 heavy (non-hydrogen) atoms. The number of anilines is 1. The number of hydrogen-bond donors (Lipinski definition) is 2. The molecule has 0 spiro atoms. The number of piperidine rings is 1. The summed E-state index contributed by atoms with van der Waals surface area (Å²) in [6, 6.07) is 15.8. The summed E-state index contributed by atoms with van der Waals surface area (Å²) in [4.78, 5) is 27.5. The summed E-state index contributed by atoms with van der Waals surface area (Å²) in [5.74, 6) is 0.338. The minimum Gasteiger partial charge on any atom is -0.353 e. The molecule has 0 atom stereocenters. The van der Waals surface area contributed by atoms with Crippen molar-refractivity contribution in [3.8, 4) is 0 Å². The van der Waals surface area contributed by atoms with Crippen LogP contribution in [0.4, 0.5) is 5.69 Å². The molecule has 6 heteroatoms. The van der Waals surface area contributed by atoms with Gasteiger partial charge in [0.25, 0.3) is 0 Å². The van der Waals surface area contributed by atoms with Crippen LogP contribution in [0.15, 0.2) is 48.5 Å². The number of rotatable bonds is 7. The van der Waals surface area contributed by atoms with E-state index >= 15 is 0 Å². The number of carbonyl (C=O) groups excluding carboxylic acids is 2. The fraction of sp³-hybridized carbons (Fsp3) is 0.481. The Labute approximate surface area is 201 Å². The van der Waals surface area contributed by atoms with Crippen molar-refractivity contribution < 1.29 is 9.59 Å². The van der Waals surface area contributed by atoms with E-state index in [1.807, 2.05) is 36.4 Å². The van der Waals surface area contributed by atoms with Crippen molar-refractivity contribution in [2.24, 2.45) is 5.92 Å². The molecule has 0 radical (unpaired) electrons. The molecular formula is C27H34ClN3O2. The van der Waals surface area contributed by atoms with Gasteiger partial charge in [0.05, 0.1) is 6.42 Å². The smallest absolute Gasteiger partial charge is 0.228 e. The summed E-state index contributed by atoms with van der Waals surface area (Å²) in [5.41, 5.74) is 2.87. The normalized spacial score (nSPS) is 18.1. The predicted molar refractivity (Wildman–Crippen MR) is 133 cm³/mol. The van der Waals surface area contributed by atoms with Crippen LogP contribution in [0.3, 0.4) is 0 Å². The molecule has 0 aromatic heterocycles. The number of hydrogen-bond acceptors (Lipinski definition) is 3. The molecule has 2 aromatic rings. The molecule has 5 nitrogen and oxygen atoms in total. The third-order valence-electron chi connectivity index (χ3n) is 6.78. The molecule has 2 fully saturated rings. The molecule has 1 aliphatic carbocycles. The van der Waals surface area contributed by atoms with E-state index in [0.29, 0.717) is 17.5 Å². The van der Waals surface area contributed by atoms with E-state index in [9.17, 15) is 9.59 Å². The van der Waals surface area contributed by atoms with Crippen LogP contribution in [0.2, 0.25) is 5.02 Å². The van der Waals surface area contributed by atoms with E-state index in [4.69, 9.17) is 11.6 Å². The van der Waals surface area contributed by atoms with Gasteiger partial charge in [0.15, 0.2) is 0 Å². The molecule has 1 saturated heterocycles. The third kappa shape index (κ3) is 7.31. The first-order valence-electron chi connectivity index (χ1n) is 12.2. The standard InChI is InChI=1S/C27H34ClN3O2/c28-23-8-4-6-20(16-23)18-26(32)29-25-11-5-7-21(17-25)19-31-14-12-22(13-15-31)27(33)30-24-9-2-1-3-10-24/h4-8,11,16-17,22,24H,1-3,9-10,12-15,18-19H2,(H,29,32)(H,30,33). The van der Waals surface area contributed by atoms with Gasteiger partial charge in [-0.05, 0) is 74.2 Å². The molecular weight excluding hydrogens is 434 g/mol. The largest absolute Gasteiger partial charge is 0.353 e. The van der Waals surface area contributed by atoms with E-state index in [2.05, 4.69) is 21.6 Å². The van der Waals surface area contributed by atoms with Crippen LogP contribution in [0.1, 0.15) is 56.1 Å². The van der Waals surface area contributed by atoms with Gasteiger partial charge in [-0.25, -0.2) is 0 Å². The second kappa shape index (κ2) is 11.7. The maximum Gasteiger partial charge on any atom is 0.228 e. The lowest BCUT2D eigenvalue weighted by atomic mass is 9.92. The summed E-state index contributed by atoms with van der Waals surface area (Å²) < 4.78 is 0. The number of nitrogens with zero attached hydrogens (tertiary/aromatic N) is 1. The second-order valence-electron chi connectivity index (χ2n) is 9.45. The monoisotopic (exact) mass is 467 g/mol. The predicted octanol–water partition coefficient (Wildman–Crippen LogP) is 5.18. The van der Waals surface area contributed by atoms with Gasteiger partial charge in [0.1, 0.15) is 0 Å². The van der Waals surface area contributed by atoms with E-state index in [-0.39, 0.29) is 17.7 Å². The highest BCUT2D eigenvalue weighted by atomic mass is 35.5. The summed E-state index contributed by atoms with van der Waals surface area (Å²) in [7, 11) is 0. The molecule has 176 valence electrons. The number of benzene rings is 2. The van der Waals surface area contributed by atoms with E-state index in [0.717, 1.165) is 56.6 Å². The Bertz CT molecular complexity index is 950. The number of halogens is 1. The van der Waals surface area contributed by atoms with Crippen molar-refractivity contribution in [2.45, 2.75) is 64.0 Å². The highest BCUT2D eigenvalue weighted by Gasteiger charge is 2.27. The van der Waals surface area contributed by atoms with Crippen molar-refractivity contribution in [3.63, 3.8) is 0 Å². The van der Waals surface area contributed by atoms with Crippen molar-refractivity contribution >= 4 is 29.1 Å². The number of likely N-dealkylation sites (tertiary alicyclic amines) is 1. The minimum absolute atomic E-state index is 0.0563. The van der Waals surface area contributed by atoms with Crippen LogP contribution in [-0.4, -0.2) is 35.8 Å². The lowest BCUT2D eigenvalue weighted by molar-refractivity contribution is -0.127. The fourth-order valence-corrected chi connectivity index (χ4v) is 5.18. The van der Waals surface area contributed by atoms with Crippen LogP contribution in [0, 0.1) is 5.92 Å². The maximum absolute atomic E-state index is 12.7. The highest BCUT2D eigenvalue weighted by Crippen LogP contribution is 2.23. The molecule has 1 saturated carbocycles. The van der Waals surface area contributed by atoms with Crippen LogP contribution in [0.5, 0.6) is 0 Å². The molecule has 4 rings (SSSR count). The number of carbonyl (C=O) groups is 2. The lowest BCUT2D eigenvalue weighted by Crippen LogP contribution is -2.44. The highest BCUT2D eigenvalue weighted by molar-refractivity contribution is 6.30. The molecule has 2 aliphatic rings. The number of nitrogens with one attached hydrogen (secondary N) is 2. The van der Waals surface area contributed by atoms with Gasteiger partial charge < -0.3 is 10.6 Å². The van der Waals surface area contributed by atoms with Gasteiger partial charge in [0, 0.05) is 29.2 Å². The number of amides is 2. The van der Waals surface area contributed by atoms with Gasteiger partial charge >= 0.3 is 0 Å². The van der Waals surface area contributed by atoms with Crippen molar-refractivity contribution in [2.75, 3.05) is 18.4 Å². The van der Waals surface area contributed by atoms with E-state index in [1.165, 1.54) is 24.8 Å².